The van der Waals surface area contributed by atoms with Gasteiger partial charge in [0, 0.05) is 24.2 Å². The van der Waals surface area contributed by atoms with E-state index >= 15 is 0 Å². The molecule has 110 valence electrons. The average molecular weight is 287 g/mol. The quantitative estimate of drug-likeness (QED) is 0.662. The molecule has 0 spiro atoms. The molecule has 0 unspecified atom stereocenters. The first kappa shape index (κ1) is 13.7. The Morgan fingerprint density at radius 3 is 2.86 bits per heavy atom. The minimum atomic E-state index is -0.436. The second-order valence-electron chi connectivity index (χ2n) is 5.38. The monoisotopic (exact) mass is 287 g/mol. The molecule has 1 fully saturated rings. The van der Waals surface area contributed by atoms with Crippen molar-refractivity contribution in [3.05, 3.63) is 34.5 Å². The number of anilines is 1. The van der Waals surface area contributed by atoms with Crippen LogP contribution in [0.25, 0.3) is 11.0 Å². The predicted molar refractivity (Wildman–Crippen MR) is 80.0 cm³/mol. The lowest BCUT2D eigenvalue weighted by Crippen LogP contribution is -2.42. The zero-order valence-electron chi connectivity index (χ0n) is 11.5. The van der Waals surface area contributed by atoms with Crippen molar-refractivity contribution < 1.29 is 4.92 Å². The molecule has 7 nitrogen and oxygen atoms in total. The molecule has 1 aliphatic carbocycles. The van der Waals surface area contributed by atoms with Crippen LogP contribution in [0.1, 0.15) is 25.7 Å². The molecule has 7 heteroatoms. The molecular weight excluding hydrogens is 270 g/mol. The van der Waals surface area contributed by atoms with Crippen LogP contribution in [0.4, 0.5) is 11.5 Å². The Morgan fingerprint density at radius 2 is 2.10 bits per heavy atom. The van der Waals surface area contributed by atoms with Crippen molar-refractivity contribution in [2.45, 2.75) is 37.8 Å². The number of nitro groups is 1. The van der Waals surface area contributed by atoms with Gasteiger partial charge in [-0.3, -0.25) is 15.1 Å². The van der Waals surface area contributed by atoms with Gasteiger partial charge >= 0.3 is 0 Å². The first-order chi connectivity index (χ1) is 10.1. The Balaban J connectivity index is 1.84. The van der Waals surface area contributed by atoms with Gasteiger partial charge in [0.2, 0.25) is 0 Å². The Hall–Kier alpha value is -2.28. The number of hydrogen-bond acceptors (Lipinski definition) is 6. The third-order valence-corrected chi connectivity index (χ3v) is 3.89. The van der Waals surface area contributed by atoms with E-state index in [1.54, 1.807) is 12.3 Å². The number of non-ortho nitro benzene ring substituents is 1. The molecule has 3 rings (SSSR count). The second-order valence-corrected chi connectivity index (χ2v) is 5.38. The Labute approximate surface area is 121 Å². The maximum atomic E-state index is 10.7. The maximum Gasteiger partial charge on any atom is 0.271 e. The summed E-state index contributed by atoms with van der Waals surface area (Å²) in [7, 11) is 0. The van der Waals surface area contributed by atoms with Crippen molar-refractivity contribution in [1.29, 1.82) is 0 Å². The molecule has 2 atom stereocenters. The van der Waals surface area contributed by atoms with Gasteiger partial charge in [-0.15, -0.1) is 0 Å². The molecule has 1 aromatic carbocycles. The van der Waals surface area contributed by atoms with Gasteiger partial charge in [0.05, 0.1) is 22.2 Å². The van der Waals surface area contributed by atoms with E-state index in [2.05, 4.69) is 15.3 Å². The van der Waals surface area contributed by atoms with Crippen molar-refractivity contribution in [2.75, 3.05) is 5.32 Å². The molecule has 0 bridgehead atoms. The number of nitrogens with two attached hydrogens (primary N) is 1. The predicted octanol–water partition coefficient (Wildman–Crippen LogP) is 2.22. The van der Waals surface area contributed by atoms with Gasteiger partial charge < -0.3 is 11.1 Å². The van der Waals surface area contributed by atoms with E-state index in [9.17, 15) is 10.1 Å². The van der Waals surface area contributed by atoms with Crippen LogP contribution in [-0.2, 0) is 0 Å². The van der Waals surface area contributed by atoms with Crippen molar-refractivity contribution in [3.8, 4) is 0 Å². The molecule has 0 saturated heterocycles. The maximum absolute atomic E-state index is 10.7. The molecule has 0 radical (unpaired) electrons. The largest absolute Gasteiger partial charge is 0.364 e. The molecule has 2 aromatic rings. The van der Waals surface area contributed by atoms with Crippen LogP contribution < -0.4 is 11.1 Å². The molecule has 1 aromatic heterocycles. The fourth-order valence-electron chi connectivity index (χ4n) is 2.71. The number of fused-ring (bicyclic) bond motifs is 1. The summed E-state index contributed by atoms with van der Waals surface area (Å²) in [5.41, 5.74) is 7.28. The number of nitrogens with one attached hydrogen (secondary N) is 1. The molecule has 1 heterocycles. The topological polar surface area (TPSA) is 107 Å². The van der Waals surface area contributed by atoms with E-state index in [0.717, 1.165) is 12.8 Å². The molecule has 1 saturated carbocycles. The zero-order chi connectivity index (χ0) is 14.8. The molecular formula is C14H17N5O2. The van der Waals surface area contributed by atoms with Gasteiger partial charge in [-0.05, 0) is 18.9 Å². The van der Waals surface area contributed by atoms with Crippen LogP contribution in [0.3, 0.4) is 0 Å². The summed E-state index contributed by atoms with van der Waals surface area (Å²) in [5, 5.41) is 14.1. The number of nitro benzene ring substituents is 1. The standard InChI is InChI=1S/C14H17N5O2/c15-10-3-1-2-4-11(10)17-14-8-16-13-7-9(19(20)21)5-6-12(13)18-14/h5-8,10-11H,1-4,15H2,(H,17,18)/t10-,11-/m0/s1. The van der Waals surface area contributed by atoms with Crippen LogP contribution in [-0.4, -0.2) is 27.0 Å². The summed E-state index contributed by atoms with van der Waals surface area (Å²) in [6.07, 6.45) is 5.99. The van der Waals surface area contributed by atoms with Crippen molar-refractivity contribution in [2.24, 2.45) is 5.73 Å². The zero-order valence-corrected chi connectivity index (χ0v) is 11.5. The fraction of sp³-hybridized carbons (Fsp3) is 0.429. The number of hydrogen-bond donors (Lipinski definition) is 2. The van der Waals surface area contributed by atoms with Crippen LogP contribution >= 0.6 is 0 Å². The SMILES string of the molecule is N[C@H]1CCCC[C@@H]1Nc1cnc2cc([N+](=O)[O-])ccc2n1. The van der Waals surface area contributed by atoms with Crippen LogP contribution in [0.2, 0.25) is 0 Å². The molecule has 21 heavy (non-hydrogen) atoms. The lowest BCUT2D eigenvalue weighted by Gasteiger charge is -2.29. The van der Waals surface area contributed by atoms with Crippen molar-refractivity contribution in [1.82, 2.24) is 9.97 Å². The minimum absolute atomic E-state index is 0.0202. The summed E-state index contributed by atoms with van der Waals surface area (Å²) in [4.78, 5) is 19.0. The summed E-state index contributed by atoms with van der Waals surface area (Å²) in [6.45, 7) is 0. The average Bonchev–Trinajstić information content (AvgIpc) is 2.49. The number of benzene rings is 1. The van der Waals surface area contributed by atoms with Crippen molar-refractivity contribution >= 4 is 22.5 Å². The molecule has 0 aliphatic heterocycles. The van der Waals surface area contributed by atoms with E-state index in [4.69, 9.17) is 5.73 Å². The van der Waals surface area contributed by atoms with Gasteiger partial charge in [0.25, 0.3) is 5.69 Å². The number of rotatable bonds is 3. The van der Waals surface area contributed by atoms with Gasteiger partial charge in [-0.25, -0.2) is 4.98 Å². The second kappa shape index (κ2) is 5.61. The highest BCUT2D eigenvalue weighted by molar-refractivity contribution is 5.78. The highest BCUT2D eigenvalue weighted by Gasteiger charge is 2.22. The lowest BCUT2D eigenvalue weighted by molar-refractivity contribution is -0.384. The van der Waals surface area contributed by atoms with Gasteiger partial charge in [-0.2, -0.15) is 0 Å². The third kappa shape index (κ3) is 2.92. The van der Waals surface area contributed by atoms with Gasteiger partial charge in [0.1, 0.15) is 5.82 Å². The third-order valence-electron chi connectivity index (χ3n) is 3.89. The van der Waals surface area contributed by atoms with E-state index in [1.165, 1.54) is 25.0 Å². The Morgan fingerprint density at radius 1 is 1.29 bits per heavy atom. The summed E-state index contributed by atoms with van der Waals surface area (Å²) in [6, 6.07) is 4.83. The van der Waals surface area contributed by atoms with Crippen LogP contribution in [0.15, 0.2) is 24.4 Å². The highest BCUT2D eigenvalue weighted by atomic mass is 16.6. The summed E-state index contributed by atoms with van der Waals surface area (Å²) >= 11 is 0. The normalized spacial score (nSPS) is 22.1. The number of aromatic nitrogens is 2. The smallest absolute Gasteiger partial charge is 0.271 e. The number of nitrogens with zero attached hydrogens (tertiary/aromatic N) is 3. The van der Waals surface area contributed by atoms with Crippen molar-refractivity contribution in [3.63, 3.8) is 0 Å². The first-order valence-electron chi connectivity index (χ1n) is 7.07. The van der Waals surface area contributed by atoms with E-state index < -0.39 is 4.92 Å². The molecule has 1 aliphatic rings. The Kier molecular flexibility index (Phi) is 3.66. The van der Waals surface area contributed by atoms with Gasteiger partial charge in [-0.1, -0.05) is 12.8 Å². The fourth-order valence-corrected chi connectivity index (χ4v) is 2.71. The summed E-state index contributed by atoms with van der Waals surface area (Å²) in [5.74, 6) is 0.665. The molecule has 3 N–H and O–H groups in total. The van der Waals surface area contributed by atoms with Gasteiger partial charge in [0.15, 0.2) is 0 Å². The van der Waals surface area contributed by atoms with Crippen LogP contribution in [0.5, 0.6) is 0 Å². The lowest BCUT2D eigenvalue weighted by atomic mass is 9.91. The molecule has 0 amide bonds. The Bertz CT molecular complexity index is 675. The summed E-state index contributed by atoms with van der Waals surface area (Å²) < 4.78 is 0. The highest BCUT2D eigenvalue weighted by Crippen LogP contribution is 2.22. The van der Waals surface area contributed by atoms with Crippen LogP contribution in [0, 0.1) is 10.1 Å². The van der Waals surface area contributed by atoms with E-state index in [-0.39, 0.29) is 17.8 Å². The minimum Gasteiger partial charge on any atom is -0.364 e. The van der Waals surface area contributed by atoms with E-state index in [1.807, 2.05) is 0 Å². The van der Waals surface area contributed by atoms with E-state index in [0.29, 0.717) is 16.9 Å². The first-order valence-corrected chi connectivity index (χ1v) is 7.07.